The SMILES string of the molecule is CCCNC(c1ccc2c(c1)CCO2)C1(C)CCCCO1. The normalized spacial score (nSPS) is 26.2. The number of benzene rings is 1. The zero-order valence-corrected chi connectivity index (χ0v) is 13.3. The maximum Gasteiger partial charge on any atom is 0.122 e. The fraction of sp³-hybridized carbons (Fsp3) is 0.667. The van der Waals surface area contributed by atoms with Crippen LogP contribution in [0, 0.1) is 0 Å². The topological polar surface area (TPSA) is 30.5 Å². The second kappa shape index (κ2) is 6.37. The minimum Gasteiger partial charge on any atom is -0.493 e. The Balaban J connectivity index is 1.87. The van der Waals surface area contributed by atoms with Crippen LogP contribution in [0.1, 0.15) is 56.7 Å². The third kappa shape index (κ3) is 3.09. The molecule has 0 amide bonds. The number of rotatable bonds is 5. The molecule has 2 atom stereocenters. The van der Waals surface area contributed by atoms with Crippen LogP contribution in [-0.4, -0.2) is 25.4 Å². The van der Waals surface area contributed by atoms with Gasteiger partial charge in [0.15, 0.2) is 0 Å². The molecule has 3 heteroatoms. The van der Waals surface area contributed by atoms with Gasteiger partial charge in [0, 0.05) is 13.0 Å². The van der Waals surface area contributed by atoms with E-state index in [2.05, 4.69) is 37.4 Å². The van der Waals surface area contributed by atoms with Crippen LogP contribution in [0.25, 0.3) is 0 Å². The zero-order chi connectivity index (χ0) is 14.7. The standard InChI is InChI=1S/C18H27NO2/c1-3-10-19-17(18(2)9-4-5-11-21-18)15-6-7-16-14(13-15)8-12-20-16/h6-7,13,17,19H,3-5,8-12H2,1-2H3. The van der Waals surface area contributed by atoms with Gasteiger partial charge in [0.05, 0.1) is 18.2 Å². The van der Waals surface area contributed by atoms with Gasteiger partial charge in [-0.3, -0.25) is 0 Å². The van der Waals surface area contributed by atoms with Crippen LogP contribution in [0.3, 0.4) is 0 Å². The van der Waals surface area contributed by atoms with Crippen molar-refractivity contribution >= 4 is 0 Å². The lowest BCUT2D eigenvalue weighted by Gasteiger charge is -2.41. The van der Waals surface area contributed by atoms with Gasteiger partial charge in [-0.15, -0.1) is 0 Å². The molecular weight excluding hydrogens is 262 g/mol. The summed E-state index contributed by atoms with van der Waals surface area (Å²) in [7, 11) is 0. The van der Waals surface area contributed by atoms with E-state index in [-0.39, 0.29) is 11.6 Å². The summed E-state index contributed by atoms with van der Waals surface area (Å²) in [5, 5.41) is 3.72. The molecule has 3 rings (SSSR count). The molecule has 2 aliphatic rings. The van der Waals surface area contributed by atoms with Crippen LogP contribution in [0.4, 0.5) is 0 Å². The quantitative estimate of drug-likeness (QED) is 0.898. The smallest absolute Gasteiger partial charge is 0.122 e. The highest BCUT2D eigenvalue weighted by atomic mass is 16.5. The molecular formula is C18H27NO2. The van der Waals surface area contributed by atoms with Crippen molar-refractivity contribution in [2.45, 2.75) is 57.6 Å². The van der Waals surface area contributed by atoms with E-state index in [9.17, 15) is 0 Å². The van der Waals surface area contributed by atoms with E-state index in [1.165, 1.54) is 24.0 Å². The lowest BCUT2D eigenvalue weighted by molar-refractivity contribution is -0.0897. The van der Waals surface area contributed by atoms with Crippen LogP contribution in [0.15, 0.2) is 18.2 Å². The number of nitrogens with one attached hydrogen (secondary N) is 1. The molecule has 1 aromatic carbocycles. The van der Waals surface area contributed by atoms with Gasteiger partial charge in [0.25, 0.3) is 0 Å². The second-order valence-electron chi connectivity index (χ2n) is 6.47. The van der Waals surface area contributed by atoms with Crippen molar-refractivity contribution < 1.29 is 9.47 Å². The van der Waals surface area contributed by atoms with Gasteiger partial charge in [-0.2, -0.15) is 0 Å². The Kier molecular flexibility index (Phi) is 4.51. The lowest BCUT2D eigenvalue weighted by atomic mass is 9.83. The molecule has 1 saturated heterocycles. The van der Waals surface area contributed by atoms with Gasteiger partial charge >= 0.3 is 0 Å². The first-order valence-corrected chi connectivity index (χ1v) is 8.36. The Morgan fingerprint density at radius 3 is 2.95 bits per heavy atom. The summed E-state index contributed by atoms with van der Waals surface area (Å²) in [6, 6.07) is 6.92. The Labute approximate surface area is 128 Å². The number of fused-ring (bicyclic) bond motifs is 1. The summed E-state index contributed by atoms with van der Waals surface area (Å²) >= 11 is 0. The third-order valence-corrected chi connectivity index (χ3v) is 4.76. The predicted molar refractivity (Wildman–Crippen MR) is 84.9 cm³/mol. The first-order chi connectivity index (χ1) is 10.2. The van der Waals surface area contributed by atoms with E-state index in [4.69, 9.17) is 9.47 Å². The summed E-state index contributed by atoms with van der Waals surface area (Å²) in [4.78, 5) is 0. The highest BCUT2D eigenvalue weighted by molar-refractivity contribution is 5.41. The van der Waals surface area contributed by atoms with E-state index < -0.39 is 0 Å². The summed E-state index contributed by atoms with van der Waals surface area (Å²) in [6.07, 6.45) is 5.74. The van der Waals surface area contributed by atoms with Crippen LogP contribution in [0.2, 0.25) is 0 Å². The molecule has 2 aliphatic heterocycles. The lowest BCUT2D eigenvalue weighted by Crippen LogP contribution is -2.46. The van der Waals surface area contributed by atoms with Gasteiger partial charge in [0.1, 0.15) is 5.75 Å². The zero-order valence-electron chi connectivity index (χ0n) is 13.3. The predicted octanol–water partition coefficient (Wildman–Crippen LogP) is 3.62. The molecule has 0 aliphatic carbocycles. The van der Waals surface area contributed by atoms with Crippen molar-refractivity contribution in [2.24, 2.45) is 0 Å². The Morgan fingerprint density at radius 2 is 2.19 bits per heavy atom. The molecule has 0 spiro atoms. The molecule has 1 aromatic rings. The fourth-order valence-electron chi connectivity index (χ4n) is 3.54. The second-order valence-corrected chi connectivity index (χ2v) is 6.47. The molecule has 116 valence electrons. The maximum absolute atomic E-state index is 6.20. The van der Waals surface area contributed by atoms with E-state index in [0.29, 0.717) is 0 Å². The van der Waals surface area contributed by atoms with E-state index >= 15 is 0 Å². The summed E-state index contributed by atoms with van der Waals surface area (Å²) in [5.74, 6) is 1.06. The first-order valence-electron chi connectivity index (χ1n) is 8.36. The van der Waals surface area contributed by atoms with Crippen molar-refractivity contribution in [3.63, 3.8) is 0 Å². The molecule has 0 saturated carbocycles. The van der Waals surface area contributed by atoms with Crippen LogP contribution < -0.4 is 10.1 Å². The molecule has 0 radical (unpaired) electrons. The van der Waals surface area contributed by atoms with Crippen molar-refractivity contribution in [2.75, 3.05) is 19.8 Å². The summed E-state index contributed by atoms with van der Waals surface area (Å²) in [6.45, 7) is 7.21. The van der Waals surface area contributed by atoms with E-state index in [0.717, 1.165) is 44.8 Å². The van der Waals surface area contributed by atoms with Crippen molar-refractivity contribution in [1.82, 2.24) is 5.32 Å². The molecule has 21 heavy (non-hydrogen) atoms. The Morgan fingerprint density at radius 1 is 1.29 bits per heavy atom. The first kappa shape index (κ1) is 14.9. The molecule has 0 aromatic heterocycles. The van der Waals surface area contributed by atoms with Gasteiger partial charge in [-0.1, -0.05) is 19.1 Å². The van der Waals surface area contributed by atoms with Gasteiger partial charge in [0.2, 0.25) is 0 Å². The highest BCUT2D eigenvalue weighted by Gasteiger charge is 2.37. The van der Waals surface area contributed by atoms with Crippen LogP contribution >= 0.6 is 0 Å². The largest absolute Gasteiger partial charge is 0.493 e. The minimum atomic E-state index is -0.0961. The molecule has 3 nitrogen and oxygen atoms in total. The number of hydrogen-bond donors (Lipinski definition) is 1. The molecule has 1 fully saturated rings. The molecule has 2 heterocycles. The summed E-state index contributed by atoms with van der Waals surface area (Å²) < 4.78 is 11.8. The van der Waals surface area contributed by atoms with Crippen molar-refractivity contribution in [3.05, 3.63) is 29.3 Å². The maximum atomic E-state index is 6.20. The molecule has 2 unspecified atom stereocenters. The molecule has 0 bridgehead atoms. The van der Waals surface area contributed by atoms with Gasteiger partial charge in [-0.05, 0) is 56.3 Å². The van der Waals surface area contributed by atoms with Crippen molar-refractivity contribution in [1.29, 1.82) is 0 Å². The third-order valence-electron chi connectivity index (χ3n) is 4.76. The monoisotopic (exact) mass is 289 g/mol. The fourth-order valence-corrected chi connectivity index (χ4v) is 3.54. The van der Waals surface area contributed by atoms with Gasteiger partial charge < -0.3 is 14.8 Å². The van der Waals surface area contributed by atoms with E-state index in [1.807, 2.05) is 0 Å². The molecule has 1 N–H and O–H groups in total. The highest BCUT2D eigenvalue weighted by Crippen LogP contribution is 2.38. The van der Waals surface area contributed by atoms with E-state index in [1.54, 1.807) is 0 Å². The number of hydrogen-bond acceptors (Lipinski definition) is 3. The minimum absolute atomic E-state index is 0.0961. The van der Waals surface area contributed by atoms with Crippen LogP contribution in [0.5, 0.6) is 5.75 Å². The Hall–Kier alpha value is -1.06. The van der Waals surface area contributed by atoms with Gasteiger partial charge in [-0.25, -0.2) is 0 Å². The van der Waals surface area contributed by atoms with Crippen LogP contribution in [-0.2, 0) is 11.2 Å². The Bertz CT molecular complexity index is 480. The number of ether oxygens (including phenoxy) is 2. The average molecular weight is 289 g/mol. The average Bonchev–Trinajstić information content (AvgIpc) is 2.96. The van der Waals surface area contributed by atoms with Crippen molar-refractivity contribution in [3.8, 4) is 5.75 Å². The summed E-state index contributed by atoms with van der Waals surface area (Å²) in [5.41, 5.74) is 2.59.